The lowest BCUT2D eigenvalue weighted by Gasteiger charge is -2.33. The Labute approximate surface area is 227 Å². The predicted molar refractivity (Wildman–Crippen MR) is 144 cm³/mol. The molecule has 0 fully saturated rings. The molecule has 3 aromatic rings. The van der Waals surface area contributed by atoms with Gasteiger partial charge in [0, 0.05) is 19.7 Å². The fourth-order valence-electron chi connectivity index (χ4n) is 4.31. The van der Waals surface area contributed by atoms with E-state index in [-0.39, 0.29) is 35.4 Å². The second kappa shape index (κ2) is 12.2. The summed E-state index contributed by atoms with van der Waals surface area (Å²) in [5, 5.41) is 2.58. The van der Waals surface area contributed by atoms with Crippen LogP contribution in [-0.2, 0) is 26.2 Å². The van der Waals surface area contributed by atoms with Crippen molar-refractivity contribution in [3.8, 4) is 11.5 Å². The second-order valence-electron chi connectivity index (χ2n) is 8.84. The van der Waals surface area contributed by atoms with Crippen LogP contribution in [0.5, 0.6) is 11.5 Å². The summed E-state index contributed by atoms with van der Waals surface area (Å²) in [5.74, 6) is -0.846. The van der Waals surface area contributed by atoms with Crippen molar-refractivity contribution >= 4 is 27.5 Å². The van der Waals surface area contributed by atoms with E-state index in [1.807, 2.05) is 30.3 Å². The molecule has 1 atom stereocenters. The molecule has 0 unspecified atom stereocenters. The van der Waals surface area contributed by atoms with E-state index < -0.39 is 34.3 Å². The summed E-state index contributed by atoms with van der Waals surface area (Å²) >= 11 is 0. The number of likely N-dealkylation sites (N-methyl/N-ethyl adjacent to an activating group) is 1. The molecule has 9 nitrogen and oxygen atoms in total. The molecular weight excluding hydrogens is 525 g/mol. The summed E-state index contributed by atoms with van der Waals surface area (Å²) in [6.45, 7) is 1.85. The molecule has 1 aliphatic rings. The highest BCUT2D eigenvalue weighted by molar-refractivity contribution is 7.92. The van der Waals surface area contributed by atoms with Crippen molar-refractivity contribution in [2.75, 3.05) is 31.1 Å². The van der Waals surface area contributed by atoms with Crippen molar-refractivity contribution in [2.24, 2.45) is 0 Å². The Morgan fingerprint density at radius 3 is 2.28 bits per heavy atom. The summed E-state index contributed by atoms with van der Waals surface area (Å²) < 4.78 is 53.6. The number of amides is 2. The highest BCUT2D eigenvalue weighted by atomic mass is 32.2. The molecule has 4 rings (SSSR count). The molecule has 11 heteroatoms. The minimum Gasteiger partial charge on any atom is -0.486 e. The Kier molecular flexibility index (Phi) is 8.70. The molecule has 2 amide bonds. The molecule has 0 aromatic heterocycles. The molecule has 1 heterocycles. The highest BCUT2D eigenvalue weighted by Gasteiger charge is 2.34. The largest absolute Gasteiger partial charge is 0.486 e. The van der Waals surface area contributed by atoms with Crippen LogP contribution in [0, 0.1) is 5.82 Å². The smallest absolute Gasteiger partial charge is 0.264 e. The van der Waals surface area contributed by atoms with Crippen molar-refractivity contribution in [1.82, 2.24) is 10.2 Å². The number of sulfonamides is 1. The van der Waals surface area contributed by atoms with E-state index in [0.29, 0.717) is 18.8 Å². The maximum absolute atomic E-state index is 13.9. The average Bonchev–Trinajstić information content (AvgIpc) is 2.96. The number of fused-ring (bicyclic) bond motifs is 1. The van der Waals surface area contributed by atoms with Crippen molar-refractivity contribution in [3.63, 3.8) is 0 Å². The molecule has 0 saturated carbocycles. The number of carbonyl (C=O) groups excluding carboxylic acids is 2. The maximum atomic E-state index is 13.9. The molecule has 0 aliphatic carbocycles. The fraction of sp³-hybridized carbons (Fsp3) is 0.286. The second-order valence-corrected chi connectivity index (χ2v) is 10.7. The lowest BCUT2D eigenvalue weighted by atomic mass is 10.1. The fourth-order valence-corrected chi connectivity index (χ4v) is 5.74. The van der Waals surface area contributed by atoms with Crippen molar-refractivity contribution in [3.05, 3.63) is 84.2 Å². The summed E-state index contributed by atoms with van der Waals surface area (Å²) in [6, 6.07) is 17.3. The quantitative estimate of drug-likeness (QED) is 0.412. The number of rotatable bonds is 10. The van der Waals surface area contributed by atoms with E-state index in [4.69, 9.17) is 9.47 Å². The van der Waals surface area contributed by atoms with Gasteiger partial charge in [0.2, 0.25) is 11.8 Å². The third-order valence-corrected chi connectivity index (χ3v) is 8.09. The first kappa shape index (κ1) is 27.9. The normalized spacial score (nSPS) is 13.3. The van der Waals surface area contributed by atoms with Gasteiger partial charge >= 0.3 is 0 Å². The third-order valence-electron chi connectivity index (χ3n) is 6.32. The topological polar surface area (TPSA) is 105 Å². The van der Waals surface area contributed by atoms with Crippen LogP contribution in [0.4, 0.5) is 10.1 Å². The Bertz CT molecular complexity index is 1420. The van der Waals surface area contributed by atoms with E-state index in [1.54, 1.807) is 6.92 Å². The lowest BCUT2D eigenvalue weighted by molar-refractivity contribution is -0.140. The van der Waals surface area contributed by atoms with Crippen molar-refractivity contribution in [1.29, 1.82) is 0 Å². The Morgan fingerprint density at radius 1 is 0.974 bits per heavy atom. The summed E-state index contributed by atoms with van der Waals surface area (Å²) in [5.41, 5.74) is 0.864. The Balaban J connectivity index is 1.74. The molecule has 0 bridgehead atoms. The predicted octanol–water partition coefficient (Wildman–Crippen LogP) is 3.35. The van der Waals surface area contributed by atoms with E-state index in [9.17, 15) is 22.4 Å². The van der Waals surface area contributed by atoms with Gasteiger partial charge in [0.25, 0.3) is 10.0 Å². The number of anilines is 1. The van der Waals surface area contributed by atoms with Gasteiger partial charge in [0.05, 0.1) is 10.6 Å². The highest BCUT2D eigenvalue weighted by Crippen LogP contribution is 2.34. The van der Waals surface area contributed by atoms with Gasteiger partial charge in [0.1, 0.15) is 31.6 Å². The van der Waals surface area contributed by atoms with Gasteiger partial charge in [0.15, 0.2) is 11.5 Å². The van der Waals surface area contributed by atoms with E-state index in [2.05, 4.69) is 5.32 Å². The number of ether oxygens (including phenoxy) is 2. The summed E-state index contributed by atoms with van der Waals surface area (Å²) in [4.78, 5) is 27.8. The van der Waals surface area contributed by atoms with Crippen LogP contribution in [0.25, 0.3) is 0 Å². The number of nitrogens with zero attached hydrogens (tertiary/aromatic N) is 2. The lowest BCUT2D eigenvalue weighted by Crippen LogP contribution is -2.51. The van der Waals surface area contributed by atoms with Gasteiger partial charge < -0.3 is 19.7 Å². The molecule has 1 N–H and O–H groups in total. The van der Waals surface area contributed by atoms with Crippen LogP contribution >= 0.6 is 0 Å². The minimum absolute atomic E-state index is 0.0901. The first-order valence-electron chi connectivity index (χ1n) is 12.5. The molecule has 0 radical (unpaired) electrons. The van der Waals surface area contributed by atoms with Gasteiger partial charge in [-0.05, 0) is 48.4 Å². The molecule has 0 spiro atoms. The first-order valence-corrected chi connectivity index (χ1v) is 13.9. The average molecular weight is 556 g/mol. The van der Waals surface area contributed by atoms with E-state index >= 15 is 0 Å². The number of hydrogen-bond acceptors (Lipinski definition) is 6. The monoisotopic (exact) mass is 555 g/mol. The van der Waals surface area contributed by atoms with Crippen molar-refractivity contribution in [2.45, 2.75) is 30.8 Å². The maximum Gasteiger partial charge on any atom is 0.264 e. The van der Waals surface area contributed by atoms with Gasteiger partial charge in [-0.15, -0.1) is 0 Å². The minimum atomic E-state index is -4.33. The Hall–Kier alpha value is -4.12. The molecule has 3 aromatic carbocycles. The zero-order valence-electron chi connectivity index (χ0n) is 21.7. The zero-order chi connectivity index (χ0) is 28.0. The Morgan fingerprint density at radius 2 is 1.64 bits per heavy atom. The zero-order valence-corrected chi connectivity index (χ0v) is 22.5. The number of carbonyl (C=O) groups is 2. The van der Waals surface area contributed by atoms with Crippen LogP contribution in [0.15, 0.2) is 77.7 Å². The molecule has 0 saturated heterocycles. The van der Waals surface area contributed by atoms with E-state index in [0.717, 1.165) is 22.0 Å². The molecule has 39 heavy (non-hydrogen) atoms. The van der Waals surface area contributed by atoms with Gasteiger partial charge in [-0.3, -0.25) is 13.9 Å². The molecule has 1 aliphatic heterocycles. The van der Waals surface area contributed by atoms with E-state index in [1.165, 1.54) is 42.3 Å². The van der Waals surface area contributed by atoms with Crippen LogP contribution in [-0.4, -0.2) is 58.0 Å². The van der Waals surface area contributed by atoms with Crippen LogP contribution in [0.2, 0.25) is 0 Å². The number of hydrogen-bond donors (Lipinski definition) is 1. The van der Waals surface area contributed by atoms with Gasteiger partial charge in [-0.25, -0.2) is 12.8 Å². The van der Waals surface area contributed by atoms with Crippen LogP contribution < -0.4 is 19.1 Å². The third kappa shape index (κ3) is 6.31. The summed E-state index contributed by atoms with van der Waals surface area (Å²) in [7, 11) is -2.85. The SMILES string of the molecule is CC[C@@H](C(=O)NC)N(Cc1ccccc1)C(=O)CN(c1ccc(F)cc1)S(=O)(=O)c1ccc2c(c1)OCCO2. The summed E-state index contributed by atoms with van der Waals surface area (Å²) in [6.07, 6.45) is 0.309. The molecular formula is C28H30FN3O6S. The number of halogens is 1. The van der Waals surface area contributed by atoms with Gasteiger partial charge in [-0.2, -0.15) is 0 Å². The van der Waals surface area contributed by atoms with Gasteiger partial charge in [-0.1, -0.05) is 37.3 Å². The van der Waals surface area contributed by atoms with Crippen LogP contribution in [0.3, 0.4) is 0 Å². The number of benzene rings is 3. The standard InChI is InChI=1S/C28H30FN3O6S/c1-3-24(28(34)30-2)31(18-20-7-5-4-6-8-20)27(33)19-32(22-11-9-21(29)10-12-22)39(35,36)23-13-14-25-26(17-23)38-16-15-37-25/h4-14,17,24H,3,15-16,18-19H2,1-2H3,(H,30,34)/t24-/m0/s1. The molecule has 206 valence electrons. The van der Waals surface area contributed by atoms with Crippen LogP contribution in [0.1, 0.15) is 18.9 Å². The number of nitrogens with one attached hydrogen (secondary N) is 1. The first-order chi connectivity index (χ1) is 18.7. The van der Waals surface area contributed by atoms with Crippen molar-refractivity contribution < 1.29 is 31.9 Å².